The molecule has 5 heteroatoms. The third-order valence-corrected chi connectivity index (χ3v) is 2.18. The minimum atomic E-state index is -4.60. The van der Waals surface area contributed by atoms with Crippen molar-refractivity contribution in [3.8, 4) is 0 Å². The van der Waals surface area contributed by atoms with Crippen LogP contribution in [0.3, 0.4) is 0 Å². The standard InChI is InChI=1S/C12H11F4N/c1-2-8(5-6-17)10-4-3-9(13)7-11(10)12(14,15)16/h2-7H,17H2,1H3/b6-5-,8-2+. The van der Waals surface area contributed by atoms with Crippen LogP contribution in [-0.4, -0.2) is 0 Å². The number of hydrogen-bond donors (Lipinski definition) is 1. The van der Waals surface area contributed by atoms with Gasteiger partial charge in [0.05, 0.1) is 5.56 Å². The van der Waals surface area contributed by atoms with E-state index in [1.54, 1.807) is 6.92 Å². The normalized spacial score (nSPS) is 13.4. The van der Waals surface area contributed by atoms with E-state index in [9.17, 15) is 17.6 Å². The van der Waals surface area contributed by atoms with Gasteiger partial charge in [0.2, 0.25) is 0 Å². The maximum Gasteiger partial charge on any atom is 0.417 e. The van der Waals surface area contributed by atoms with E-state index in [1.165, 1.54) is 12.2 Å². The van der Waals surface area contributed by atoms with Crippen LogP contribution in [0.2, 0.25) is 0 Å². The summed E-state index contributed by atoms with van der Waals surface area (Å²) >= 11 is 0. The van der Waals surface area contributed by atoms with Gasteiger partial charge in [-0.2, -0.15) is 13.2 Å². The lowest BCUT2D eigenvalue weighted by Gasteiger charge is -2.13. The van der Waals surface area contributed by atoms with Crippen LogP contribution in [0, 0.1) is 5.82 Å². The van der Waals surface area contributed by atoms with Crippen molar-refractivity contribution >= 4 is 5.57 Å². The lowest BCUT2D eigenvalue weighted by molar-refractivity contribution is -0.137. The van der Waals surface area contributed by atoms with Gasteiger partial charge in [-0.1, -0.05) is 12.1 Å². The van der Waals surface area contributed by atoms with E-state index in [1.807, 2.05) is 0 Å². The molecule has 0 radical (unpaired) electrons. The van der Waals surface area contributed by atoms with Crippen LogP contribution in [0.5, 0.6) is 0 Å². The van der Waals surface area contributed by atoms with E-state index in [0.29, 0.717) is 11.6 Å². The Hall–Kier alpha value is -1.78. The average Bonchev–Trinajstić information content (AvgIpc) is 2.25. The first-order valence-corrected chi connectivity index (χ1v) is 4.82. The molecule has 0 aromatic heterocycles. The lowest BCUT2D eigenvalue weighted by Crippen LogP contribution is -2.09. The third kappa shape index (κ3) is 3.09. The van der Waals surface area contributed by atoms with E-state index in [0.717, 1.165) is 18.3 Å². The summed E-state index contributed by atoms with van der Waals surface area (Å²) in [5.74, 6) is -0.923. The van der Waals surface area contributed by atoms with E-state index in [4.69, 9.17) is 5.73 Å². The molecule has 92 valence electrons. The van der Waals surface area contributed by atoms with Gasteiger partial charge < -0.3 is 5.73 Å². The van der Waals surface area contributed by atoms with Crippen molar-refractivity contribution < 1.29 is 17.6 Å². The fourth-order valence-electron chi connectivity index (χ4n) is 1.45. The van der Waals surface area contributed by atoms with Crippen LogP contribution in [0.4, 0.5) is 17.6 Å². The van der Waals surface area contributed by atoms with Crippen LogP contribution in [0.15, 0.2) is 36.6 Å². The van der Waals surface area contributed by atoms with Gasteiger partial charge in [-0.05, 0) is 42.5 Å². The van der Waals surface area contributed by atoms with Gasteiger partial charge in [0.15, 0.2) is 0 Å². The molecule has 1 rings (SSSR count). The fraction of sp³-hybridized carbons (Fsp3) is 0.167. The monoisotopic (exact) mass is 245 g/mol. The van der Waals surface area contributed by atoms with Crippen molar-refractivity contribution in [1.82, 2.24) is 0 Å². The van der Waals surface area contributed by atoms with Crippen molar-refractivity contribution in [3.05, 3.63) is 53.5 Å². The zero-order chi connectivity index (χ0) is 13.1. The predicted molar refractivity (Wildman–Crippen MR) is 58.4 cm³/mol. The Morgan fingerprint density at radius 1 is 1.29 bits per heavy atom. The molecule has 0 saturated carbocycles. The van der Waals surface area contributed by atoms with Gasteiger partial charge in [0.25, 0.3) is 0 Å². The van der Waals surface area contributed by atoms with Gasteiger partial charge >= 0.3 is 6.18 Å². The van der Waals surface area contributed by atoms with Gasteiger partial charge in [-0.3, -0.25) is 0 Å². The molecule has 1 nitrogen and oxygen atoms in total. The second-order valence-corrected chi connectivity index (χ2v) is 3.29. The summed E-state index contributed by atoms with van der Waals surface area (Å²) in [5, 5.41) is 0. The number of benzene rings is 1. The van der Waals surface area contributed by atoms with Crippen LogP contribution in [0.25, 0.3) is 5.57 Å². The molecule has 0 atom stereocenters. The van der Waals surface area contributed by atoms with E-state index in [-0.39, 0.29) is 5.56 Å². The summed E-state index contributed by atoms with van der Waals surface area (Å²) in [6.07, 6.45) is -0.651. The summed E-state index contributed by atoms with van der Waals surface area (Å²) in [6, 6.07) is 2.55. The molecular weight excluding hydrogens is 234 g/mol. The molecule has 0 aliphatic carbocycles. The van der Waals surface area contributed by atoms with Crippen molar-refractivity contribution in [1.29, 1.82) is 0 Å². The smallest absolute Gasteiger partial charge is 0.405 e. The second-order valence-electron chi connectivity index (χ2n) is 3.29. The first kappa shape index (κ1) is 13.3. The van der Waals surface area contributed by atoms with Crippen molar-refractivity contribution in [2.75, 3.05) is 0 Å². The number of nitrogens with two attached hydrogens (primary N) is 1. The Morgan fingerprint density at radius 3 is 2.41 bits per heavy atom. The number of halogens is 4. The molecule has 0 aliphatic rings. The van der Waals surface area contributed by atoms with Crippen LogP contribution in [-0.2, 0) is 6.18 Å². The fourth-order valence-corrected chi connectivity index (χ4v) is 1.45. The average molecular weight is 245 g/mol. The first-order chi connectivity index (χ1) is 7.90. The lowest BCUT2D eigenvalue weighted by atomic mass is 9.99. The molecule has 0 amide bonds. The minimum absolute atomic E-state index is 0.0944. The molecular formula is C12H11F4N. The highest BCUT2D eigenvalue weighted by molar-refractivity contribution is 5.76. The maximum atomic E-state index is 12.9. The summed E-state index contributed by atoms with van der Waals surface area (Å²) in [7, 11) is 0. The molecule has 1 aromatic rings. The largest absolute Gasteiger partial charge is 0.417 e. The molecule has 0 bridgehead atoms. The van der Waals surface area contributed by atoms with Gasteiger partial charge in [0, 0.05) is 0 Å². The molecule has 0 heterocycles. The summed E-state index contributed by atoms with van der Waals surface area (Å²) in [6.45, 7) is 1.58. The van der Waals surface area contributed by atoms with Crippen LogP contribution >= 0.6 is 0 Å². The van der Waals surface area contributed by atoms with Gasteiger partial charge in [-0.15, -0.1) is 0 Å². The SMILES string of the molecule is C/C=C(\C=C/N)c1ccc(F)cc1C(F)(F)F. The van der Waals surface area contributed by atoms with Crippen LogP contribution in [0.1, 0.15) is 18.1 Å². The Morgan fingerprint density at radius 2 is 1.94 bits per heavy atom. The zero-order valence-corrected chi connectivity index (χ0v) is 9.05. The van der Waals surface area contributed by atoms with Crippen molar-refractivity contribution in [2.24, 2.45) is 5.73 Å². The number of alkyl halides is 3. The van der Waals surface area contributed by atoms with Crippen molar-refractivity contribution in [3.63, 3.8) is 0 Å². The third-order valence-electron chi connectivity index (χ3n) is 2.18. The molecule has 0 spiro atoms. The minimum Gasteiger partial charge on any atom is -0.405 e. The molecule has 1 aromatic carbocycles. The summed E-state index contributed by atoms with van der Waals surface area (Å²) in [5.41, 5.74) is 4.34. The van der Waals surface area contributed by atoms with Gasteiger partial charge in [0.1, 0.15) is 5.82 Å². The Bertz CT molecular complexity index is 458. The summed E-state index contributed by atoms with van der Waals surface area (Å²) in [4.78, 5) is 0. The van der Waals surface area contributed by atoms with E-state index >= 15 is 0 Å². The van der Waals surface area contributed by atoms with E-state index < -0.39 is 17.6 Å². The topological polar surface area (TPSA) is 26.0 Å². The number of rotatable bonds is 2. The highest BCUT2D eigenvalue weighted by atomic mass is 19.4. The zero-order valence-electron chi connectivity index (χ0n) is 9.05. The Balaban J connectivity index is 3.43. The highest BCUT2D eigenvalue weighted by Crippen LogP contribution is 2.35. The molecule has 0 saturated heterocycles. The maximum absolute atomic E-state index is 12.9. The quantitative estimate of drug-likeness (QED) is 0.623. The number of hydrogen-bond acceptors (Lipinski definition) is 1. The van der Waals surface area contributed by atoms with E-state index in [2.05, 4.69) is 0 Å². The Kier molecular flexibility index (Phi) is 3.93. The Labute approximate surface area is 96.2 Å². The molecule has 0 aliphatic heterocycles. The highest BCUT2D eigenvalue weighted by Gasteiger charge is 2.34. The first-order valence-electron chi connectivity index (χ1n) is 4.82. The van der Waals surface area contributed by atoms with Gasteiger partial charge in [-0.25, -0.2) is 4.39 Å². The van der Waals surface area contributed by atoms with Crippen molar-refractivity contribution in [2.45, 2.75) is 13.1 Å². The van der Waals surface area contributed by atoms with Crippen LogP contribution < -0.4 is 5.73 Å². The molecule has 2 N–H and O–H groups in total. The second kappa shape index (κ2) is 5.03. The predicted octanol–water partition coefficient (Wildman–Crippen LogP) is 3.72. The summed E-state index contributed by atoms with van der Waals surface area (Å²) < 4.78 is 51.0. The number of allylic oxidation sites excluding steroid dienone is 3. The molecule has 0 unspecified atom stereocenters. The molecule has 0 fully saturated rings. The molecule has 17 heavy (non-hydrogen) atoms.